The van der Waals surface area contributed by atoms with Crippen molar-refractivity contribution in [3.63, 3.8) is 0 Å². The molecule has 6 heteroatoms. The normalized spacial score (nSPS) is 11.2. The van der Waals surface area contributed by atoms with Gasteiger partial charge in [0.15, 0.2) is 4.67 Å². The number of carbonyl (C=O) groups excluding carboxylic acids is 2. The SMILES string of the molecule is CCN(CC(=O)NC(C)(C)C)C(=O)c1ccoc1Br. The summed E-state index contributed by atoms with van der Waals surface area (Å²) < 4.78 is 5.42. The third-order valence-electron chi connectivity index (χ3n) is 2.37. The third-order valence-corrected chi connectivity index (χ3v) is 2.98. The molecule has 106 valence electrons. The van der Waals surface area contributed by atoms with Crippen molar-refractivity contribution in [1.29, 1.82) is 0 Å². The van der Waals surface area contributed by atoms with Gasteiger partial charge in [-0.3, -0.25) is 9.59 Å². The zero-order valence-corrected chi connectivity index (χ0v) is 13.2. The van der Waals surface area contributed by atoms with E-state index in [1.165, 1.54) is 11.2 Å². The predicted octanol–water partition coefficient (Wildman–Crippen LogP) is 2.42. The molecule has 0 unspecified atom stereocenters. The van der Waals surface area contributed by atoms with Crippen LogP contribution in [-0.2, 0) is 4.79 Å². The average molecular weight is 331 g/mol. The van der Waals surface area contributed by atoms with Crippen LogP contribution in [0.2, 0.25) is 0 Å². The van der Waals surface area contributed by atoms with Crippen LogP contribution in [-0.4, -0.2) is 35.3 Å². The van der Waals surface area contributed by atoms with Crippen LogP contribution in [0.4, 0.5) is 0 Å². The molecular formula is C13H19BrN2O3. The molecule has 0 aromatic carbocycles. The Morgan fingerprint density at radius 3 is 2.47 bits per heavy atom. The van der Waals surface area contributed by atoms with Gasteiger partial charge in [-0.1, -0.05) is 0 Å². The fourth-order valence-corrected chi connectivity index (χ4v) is 1.98. The first-order valence-corrected chi connectivity index (χ1v) is 6.87. The number of nitrogens with one attached hydrogen (secondary N) is 1. The van der Waals surface area contributed by atoms with E-state index < -0.39 is 0 Å². The summed E-state index contributed by atoms with van der Waals surface area (Å²) in [7, 11) is 0. The van der Waals surface area contributed by atoms with E-state index in [2.05, 4.69) is 21.2 Å². The Kier molecular flexibility index (Phi) is 5.17. The quantitative estimate of drug-likeness (QED) is 0.922. The first-order chi connectivity index (χ1) is 8.74. The van der Waals surface area contributed by atoms with Crippen molar-refractivity contribution in [1.82, 2.24) is 10.2 Å². The maximum atomic E-state index is 12.2. The van der Waals surface area contributed by atoms with Gasteiger partial charge in [0.25, 0.3) is 5.91 Å². The second-order valence-corrected chi connectivity index (χ2v) is 5.95. The highest BCUT2D eigenvalue weighted by atomic mass is 79.9. The van der Waals surface area contributed by atoms with E-state index in [-0.39, 0.29) is 23.9 Å². The smallest absolute Gasteiger partial charge is 0.258 e. The molecule has 1 heterocycles. The van der Waals surface area contributed by atoms with Crippen molar-refractivity contribution in [2.75, 3.05) is 13.1 Å². The van der Waals surface area contributed by atoms with E-state index in [9.17, 15) is 9.59 Å². The fraction of sp³-hybridized carbons (Fsp3) is 0.538. The molecule has 1 N–H and O–H groups in total. The van der Waals surface area contributed by atoms with Crippen molar-refractivity contribution >= 4 is 27.7 Å². The first kappa shape index (κ1) is 15.8. The lowest BCUT2D eigenvalue weighted by molar-refractivity contribution is -0.123. The number of carbonyl (C=O) groups is 2. The monoisotopic (exact) mass is 330 g/mol. The van der Waals surface area contributed by atoms with Gasteiger partial charge in [-0.05, 0) is 49.7 Å². The van der Waals surface area contributed by atoms with Crippen molar-refractivity contribution in [2.45, 2.75) is 33.2 Å². The number of hydrogen-bond acceptors (Lipinski definition) is 3. The summed E-state index contributed by atoms with van der Waals surface area (Å²) in [6.07, 6.45) is 1.43. The Morgan fingerprint density at radius 1 is 1.42 bits per heavy atom. The number of hydrogen-bond donors (Lipinski definition) is 1. The van der Waals surface area contributed by atoms with E-state index in [4.69, 9.17) is 4.42 Å². The number of nitrogens with zero attached hydrogens (tertiary/aromatic N) is 1. The molecule has 1 aromatic rings. The second kappa shape index (κ2) is 6.23. The number of likely N-dealkylation sites (N-methyl/N-ethyl adjacent to an activating group) is 1. The molecular weight excluding hydrogens is 312 g/mol. The molecule has 0 aliphatic heterocycles. The van der Waals surface area contributed by atoms with Crippen LogP contribution < -0.4 is 5.32 Å². The van der Waals surface area contributed by atoms with E-state index >= 15 is 0 Å². The lowest BCUT2D eigenvalue weighted by atomic mass is 10.1. The molecule has 0 saturated heterocycles. The Bertz CT molecular complexity index is 463. The molecule has 19 heavy (non-hydrogen) atoms. The minimum Gasteiger partial charge on any atom is -0.457 e. The van der Waals surface area contributed by atoms with Crippen LogP contribution >= 0.6 is 15.9 Å². The molecule has 0 aliphatic rings. The molecule has 0 fully saturated rings. The highest BCUT2D eigenvalue weighted by molar-refractivity contribution is 9.10. The fourth-order valence-electron chi connectivity index (χ4n) is 1.57. The molecule has 5 nitrogen and oxygen atoms in total. The Morgan fingerprint density at radius 2 is 2.05 bits per heavy atom. The topological polar surface area (TPSA) is 62.6 Å². The summed E-state index contributed by atoms with van der Waals surface area (Å²) in [4.78, 5) is 25.5. The van der Waals surface area contributed by atoms with Crippen LogP contribution in [0.3, 0.4) is 0 Å². The molecule has 0 spiro atoms. The largest absolute Gasteiger partial charge is 0.457 e. The molecule has 0 bridgehead atoms. The van der Waals surface area contributed by atoms with E-state index in [1.807, 2.05) is 27.7 Å². The lowest BCUT2D eigenvalue weighted by Gasteiger charge is -2.24. The number of amides is 2. The predicted molar refractivity (Wildman–Crippen MR) is 75.9 cm³/mol. The first-order valence-electron chi connectivity index (χ1n) is 6.08. The summed E-state index contributed by atoms with van der Waals surface area (Å²) in [5, 5.41) is 2.83. The highest BCUT2D eigenvalue weighted by Crippen LogP contribution is 2.19. The Labute approximate surface area is 121 Å². The molecule has 1 aromatic heterocycles. The maximum Gasteiger partial charge on any atom is 0.258 e. The minimum atomic E-state index is -0.310. The summed E-state index contributed by atoms with van der Waals surface area (Å²) in [5.41, 5.74) is 0.112. The standard InChI is InChI=1S/C13H19BrN2O3/c1-5-16(8-10(17)15-13(2,3)4)12(18)9-6-7-19-11(9)14/h6-7H,5,8H2,1-4H3,(H,15,17). The van der Waals surface area contributed by atoms with Crippen molar-refractivity contribution in [3.8, 4) is 0 Å². The average Bonchev–Trinajstić information content (AvgIpc) is 2.69. The molecule has 1 rings (SSSR count). The van der Waals surface area contributed by atoms with Gasteiger partial charge < -0.3 is 14.6 Å². The van der Waals surface area contributed by atoms with Gasteiger partial charge in [-0.2, -0.15) is 0 Å². The van der Waals surface area contributed by atoms with Gasteiger partial charge >= 0.3 is 0 Å². The zero-order valence-electron chi connectivity index (χ0n) is 11.6. The Hall–Kier alpha value is -1.30. The maximum absolute atomic E-state index is 12.2. The van der Waals surface area contributed by atoms with Crippen LogP contribution in [0.25, 0.3) is 0 Å². The van der Waals surface area contributed by atoms with Gasteiger partial charge in [-0.25, -0.2) is 0 Å². The molecule has 0 atom stereocenters. The van der Waals surface area contributed by atoms with Crippen LogP contribution in [0.1, 0.15) is 38.1 Å². The van der Waals surface area contributed by atoms with E-state index in [0.29, 0.717) is 16.8 Å². The zero-order chi connectivity index (χ0) is 14.6. The summed E-state index contributed by atoms with van der Waals surface area (Å²) in [5.74, 6) is -0.408. The minimum absolute atomic E-state index is 0.0320. The second-order valence-electron chi connectivity index (χ2n) is 5.23. The lowest BCUT2D eigenvalue weighted by Crippen LogP contribution is -2.47. The third kappa shape index (κ3) is 4.70. The van der Waals surface area contributed by atoms with Gasteiger partial charge in [-0.15, -0.1) is 0 Å². The number of halogens is 1. The van der Waals surface area contributed by atoms with Crippen LogP contribution in [0.5, 0.6) is 0 Å². The molecule has 0 saturated carbocycles. The van der Waals surface area contributed by atoms with Gasteiger partial charge in [0, 0.05) is 12.1 Å². The van der Waals surface area contributed by atoms with Gasteiger partial charge in [0.1, 0.15) is 0 Å². The van der Waals surface area contributed by atoms with Crippen LogP contribution in [0.15, 0.2) is 21.4 Å². The molecule has 0 radical (unpaired) electrons. The number of rotatable bonds is 4. The summed E-state index contributed by atoms with van der Waals surface area (Å²) in [6, 6.07) is 1.58. The van der Waals surface area contributed by atoms with Crippen LogP contribution in [0, 0.1) is 0 Å². The van der Waals surface area contributed by atoms with E-state index in [1.54, 1.807) is 6.07 Å². The van der Waals surface area contributed by atoms with Crippen molar-refractivity contribution < 1.29 is 14.0 Å². The summed E-state index contributed by atoms with van der Waals surface area (Å²) in [6.45, 7) is 8.01. The highest BCUT2D eigenvalue weighted by Gasteiger charge is 2.22. The van der Waals surface area contributed by atoms with E-state index in [0.717, 1.165) is 0 Å². The van der Waals surface area contributed by atoms with Crippen molar-refractivity contribution in [2.24, 2.45) is 0 Å². The number of furan rings is 1. The van der Waals surface area contributed by atoms with Gasteiger partial charge in [0.05, 0.1) is 18.4 Å². The molecule has 2 amide bonds. The Balaban J connectivity index is 2.72. The molecule has 0 aliphatic carbocycles. The van der Waals surface area contributed by atoms with Gasteiger partial charge in [0.2, 0.25) is 5.91 Å². The van der Waals surface area contributed by atoms with Crippen molar-refractivity contribution in [3.05, 3.63) is 22.6 Å². The summed E-state index contributed by atoms with van der Waals surface area (Å²) >= 11 is 3.16.